The first-order chi connectivity index (χ1) is 19.2. The molecule has 0 aromatic heterocycles. The lowest BCUT2D eigenvalue weighted by Gasteiger charge is -2.22. The van der Waals surface area contributed by atoms with Gasteiger partial charge in [0.05, 0.1) is 26.5 Å². The Labute approximate surface area is 251 Å². The first-order valence-electron chi connectivity index (χ1n) is 11.4. The van der Waals surface area contributed by atoms with Crippen LogP contribution in [0.3, 0.4) is 0 Å². The molecule has 15 heteroatoms. The van der Waals surface area contributed by atoms with Crippen molar-refractivity contribution in [3.05, 3.63) is 109 Å². The summed E-state index contributed by atoms with van der Waals surface area (Å²) >= 11 is 23.1. The number of hydrogen-bond donors (Lipinski definition) is 0. The quantitative estimate of drug-likeness (QED) is 0.137. The van der Waals surface area contributed by atoms with Gasteiger partial charge in [-0.2, -0.15) is 39.5 Å². The van der Waals surface area contributed by atoms with Crippen molar-refractivity contribution in [1.82, 2.24) is 0 Å². The molecule has 0 heterocycles. The van der Waals surface area contributed by atoms with E-state index in [0.717, 1.165) is 24.3 Å². The summed E-state index contributed by atoms with van der Waals surface area (Å²) in [6.45, 7) is 0. The molecule has 0 fully saturated rings. The maximum Gasteiger partial charge on any atom is 0.417 e. The summed E-state index contributed by atoms with van der Waals surface area (Å²) in [5, 5.41) is -1.48. The van der Waals surface area contributed by atoms with Crippen LogP contribution in [0, 0.1) is 0 Å². The Bertz CT molecular complexity index is 1490. The fourth-order valence-corrected chi connectivity index (χ4v) is 4.88. The predicted octanol–water partition coefficient (Wildman–Crippen LogP) is 11.9. The summed E-state index contributed by atoms with van der Waals surface area (Å²) in [5.74, 6) is -8.72. The lowest BCUT2D eigenvalue weighted by molar-refractivity contribution is -0.149. The molecule has 2 unspecified atom stereocenters. The highest BCUT2D eigenvalue weighted by Gasteiger charge is 2.45. The maximum absolute atomic E-state index is 15.1. The number of Topliss-reactive ketones (excluding diaryl/α,β-unsaturated/α-hetero) is 1. The molecule has 3 aromatic carbocycles. The number of alkyl halides is 9. The van der Waals surface area contributed by atoms with Crippen LogP contribution in [-0.2, 0) is 6.18 Å². The van der Waals surface area contributed by atoms with E-state index in [-0.39, 0.29) is 22.2 Å². The van der Waals surface area contributed by atoms with Crippen LogP contribution < -0.4 is 0 Å². The molecule has 42 heavy (non-hydrogen) atoms. The molecule has 0 saturated carbocycles. The number of halogens is 14. The molecule has 0 aliphatic heterocycles. The van der Waals surface area contributed by atoms with E-state index in [0.29, 0.717) is 12.1 Å². The van der Waals surface area contributed by atoms with Crippen molar-refractivity contribution in [2.45, 2.75) is 36.8 Å². The van der Waals surface area contributed by atoms with Crippen LogP contribution in [0.15, 0.2) is 60.7 Å². The molecular weight excluding hydrogens is 672 g/mol. The van der Waals surface area contributed by atoms with E-state index in [4.69, 9.17) is 46.4 Å². The Morgan fingerprint density at radius 3 is 1.83 bits per heavy atom. The van der Waals surface area contributed by atoms with Crippen molar-refractivity contribution in [3.63, 3.8) is 0 Å². The average molecular weight is 686 g/mol. The number of rotatable bonds is 7. The summed E-state index contributed by atoms with van der Waals surface area (Å²) in [4.78, 5) is 12.8. The normalized spacial score (nSPS) is 14.6. The Morgan fingerprint density at radius 2 is 1.33 bits per heavy atom. The summed E-state index contributed by atoms with van der Waals surface area (Å²) in [6.07, 6.45) is -17.2. The molecule has 0 amide bonds. The fraction of sp³-hybridized carbons (Fsp3) is 0.222. The molecule has 3 rings (SSSR count). The van der Waals surface area contributed by atoms with Gasteiger partial charge in [0, 0.05) is 22.6 Å². The fourth-order valence-electron chi connectivity index (χ4n) is 4.00. The van der Waals surface area contributed by atoms with Gasteiger partial charge in [-0.3, -0.25) is 4.79 Å². The number of benzene rings is 3. The number of hydrogen-bond acceptors (Lipinski definition) is 1. The van der Waals surface area contributed by atoms with Crippen molar-refractivity contribution in [2.24, 2.45) is 0 Å². The van der Waals surface area contributed by atoms with E-state index in [1.807, 2.05) is 0 Å². The lowest BCUT2D eigenvalue weighted by Crippen LogP contribution is -2.25. The lowest BCUT2D eigenvalue weighted by atomic mass is 9.88. The van der Waals surface area contributed by atoms with Crippen LogP contribution in [0.2, 0.25) is 20.1 Å². The molecule has 1 nitrogen and oxygen atoms in total. The standard InChI is InChI=1S/C27H14Cl4F10O/c28-19-4-2-1-3-14(19)18(27(39,40)41)11-23(42)15-6-5-12(7-17(15)26(36,37)38)22(32)10-16(25(33,34)35)13-8-20(29)24(31)21(30)9-13/h1-10,16,18H,11H2/b22-10-. The summed E-state index contributed by atoms with van der Waals surface area (Å²) in [5.41, 5.74) is -5.37. The molecule has 0 saturated heterocycles. The molecular formula is C27H14Cl4F10O. The van der Waals surface area contributed by atoms with Crippen LogP contribution in [0.1, 0.15) is 50.9 Å². The van der Waals surface area contributed by atoms with Gasteiger partial charge in [0.15, 0.2) is 5.78 Å². The van der Waals surface area contributed by atoms with E-state index < -0.39 is 86.3 Å². The topological polar surface area (TPSA) is 17.1 Å². The largest absolute Gasteiger partial charge is 0.417 e. The van der Waals surface area contributed by atoms with E-state index in [2.05, 4.69) is 0 Å². The third kappa shape index (κ3) is 7.92. The second-order valence-corrected chi connectivity index (χ2v) is 10.4. The summed E-state index contributed by atoms with van der Waals surface area (Å²) < 4.78 is 140. The molecule has 2 atom stereocenters. The predicted molar refractivity (Wildman–Crippen MR) is 140 cm³/mol. The Morgan fingerprint density at radius 1 is 0.762 bits per heavy atom. The molecule has 0 bridgehead atoms. The first kappa shape index (κ1) is 34.0. The Balaban J connectivity index is 2.07. The van der Waals surface area contributed by atoms with Crippen LogP contribution >= 0.6 is 46.4 Å². The van der Waals surface area contributed by atoms with Crippen molar-refractivity contribution < 1.29 is 48.7 Å². The third-order valence-corrected chi connectivity index (χ3v) is 7.54. The molecule has 0 radical (unpaired) electrons. The first-order valence-corrected chi connectivity index (χ1v) is 12.9. The van der Waals surface area contributed by atoms with Gasteiger partial charge in [-0.15, -0.1) is 0 Å². The number of ketones is 1. The summed E-state index contributed by atoms with van der Waals surface area (Å²) in [6, 6.07) is 7.03. The van der Waals surface area contributed by atoms with Gasteiger partial charge in [-0.1, -0.05) is 76.7 Å². The van der Waals surface area contributed by atoms with Crippen LogP contribution in [-0.4, -0.2) is 18.1 Å². The highest BCUT2D eigenvalue weighted by atomic mass is 35.5. The SMILES string of the molecule is O=C(CC(c1ccccc1Cl)C(F)(F)F)c1ccc(/C(F)=C/C(c2cc(Cl)c(Cl)c(Cl)c2)C(F)(F)F)cc1C(F)(F)F. The molecule has 0 N–H and O–H groups in total. The molecule has 0 aliphatic rings. The molecule has 3 aromatic rings. The summed E-state index contributed by atoms with van der Waals surface area (Å²) in [7, 11) is 0. The van der Waals surface area contributed by atoms with Gasteiger partial charge < -0.3 is 0 Å². The van der Waals surface area contributed by atoms with Crippen molar-refractivity contribution in [1.29, 1.82) is 0 Å². The zero-order valence-corrected chi connectivity index (χ0v) is 23.4. The number of carbonyl (C=O) groups excluding carboxylic acids is 1. The number of allylic oxidation sites excluding steroid dienone is 1. The van der Waals surface area contributed by atoms with Crippen LogP contribution in [0.4, 0.5) is 43.9 Å². The Hall–Kier alpha value is -2.47. The zero-order chi connectivity index (χ0) is 31.8. The molecule has 226 valence electrons. The van der Waals surface area contributed by atoms with Crippen LogP contribution in [0.25, 0.3) is 5.83 Å². The molecule has 0 aliphatic carbocycles. The highest BCUT2D eigenvalue weighted by molar-refractivity contribution is 6.48. The van der Waals surface area contributed by atoms with Gasteiger partial charge in [0.2, 0.25) is 0 Å². The van der Waals surface area contributed by atoms with Crippen molar-refractivity contribution in [3.8, 4) is 0 Å². The minimum Gasteiger partial charge on any atom is -0.294 e. The second kappa shape index (κ2) is 12.6. The number of carbonyl (C=O) groups is 1. The zero-order valence-electron chi connectivity index (χ0n) is 20.3. The van der Waals surface area contributed by atoms with E-state index in [9.17, 15) is 44.3 Å². The smallest absolute Gasteiger partial charge is 0.294 e. The highest BCUT2D eigenvalue weighted by Crippen LogP contribution is 2.44. The molecule has 0 spiro atoms. The van der Waals surface area contributed by atoms with Gasteiger partial charge in [0.1, 0.15) is 11.7 Å². The Kier molecular flexibility index (Phi) is 10.2. The van der Waals surface area contributed by atoms with Crippen molar-refractivity contribution in [2.75, 3.05) is 0 Å². The second-order valence-electron chi connectivity index (χ2n) is 8.83. The van der Waals surface area contributed by atoms with E-state index in [1.165, 1.54) is 12.1 Å². The van der Waals surface area contributed by atoms with Crippen molar-refractivity contribution >= 4 is 58.0 Å². The van der Waals surface area contributed by atoms with Gasteiger partial charge in [-0.25, -0.2) is 4.39 Å². The minimum atomic E-state index is -5.40. The third-order valence-electron chi connectivity index (χ3n) is 6.00. The van der Waals surface area contributed by atoms with E-state index in [1.54, 1.807) is 0 Å². The van der Waals surface area contributed by atoms with Gasteiger partial charge >= 0.3 is 18.5 Å². The average Bonchev–Trinajstić information content (AvgIpc) is 2.86. The maximum atomic E-state index is 15.1. The minimum absolute atomic E-state index is 0.0341. The monoisotopic (exact) mass is 684 g/mol. The van der Waals surface area contributed by atoms with Gasteiger partial charge in [-0.05, 0) is 41.5 Å². The van der Waals surface area contributed by atoms with Crippen LogP contribution in [0.5, 0.6) is 0 Å². The van der Waals surface area contributed by atoms with E-state index >= 15 is 4.39 Å². The van der Waals surface area contributed by atoms with Gasteiger partial charge in [0.25, 0.3) is 0 Å².